The van der Waals surface area contributed by atoms with Crippen LogP contribution in [-0.2, 0) is 35.5 Å². The molecule has 0 atom stereocenters. The van der Waals surface area contributed by atoms with E-state index in [9.17, 15) is 4.79 Å². The Kier molecular flexibility index (Phi) is 9.46. The van der Waals surface area contributed by atoms with Crippen LogP contribution in [0.1, 0.15) is 69.0 Å². The Labute approximate surface area is 263 Å². The first-order valence-electron chi connectivity index (χ1n) is 16.0. The highest BCUT2D eigenvalue weighted by molar-refractivity contribution is 6.76. The number of anilines is 1. The van der Waals surface area contributed by atoms with E-state index in [1.54, 1.807) is 4.90 Å². The van der Waals surface area contributed by atoms with Crippen LogP contribution >= 0.6 is 0 Å². The van der Waals surface area contributed by atoms with E-state index in [0.717, 1.165) is 72.7 Å². The van der Waals surface area contributed by atoms with Crippen molar-refractivity contribution >= 4 is 19.9 Å². The topological polar surface area (TPSA) is 98.5 Å². The highest BCUT2D eigenvalue weighted by atomic mass is 28.3. The summed E-state index contributed by atoms with van der Waals surface area (Å²) in [6, 6.07) is 5.30. The number of pyridine rings is 1. The van der Waals surface area contributed by atoms with E-state index in [2.05, 4.69) is 55.2 Å². The second-order valence-electron chi connectivity index (χ2n) is 14.5. The minimum atomic E-state index is -1.15. The molecular weight excluding hydrogens is 570 g/mol. The Balaban J connectivity index is 1.26. The minimum absolute atomic E-state index is 0.249. The average Bonchev–Trinajstić information content (AvgIpc) is 3.34. The van der Waals surface area contributed by atoms with Gasteiger partial charge in [0.05, 0.1) is 35.4 Å². The van der Waals surface area contributed by atoms with Crippen LogP contribution in [0.5, 0.6) is 0 Å². The van der Waals surface area contributed by atoms with Crippen molar-refractivity contribution < 1.29 is 14.3 Å². The third kappa shape index (κ3) is 7.85. The molecule has 10 nitrogen and oxygen atoms in total. The maximum Gasteiger partial charge on any atom is 0.410 e. The van der Waals surface area contributed by atoms with Gasteiger partial charge in [0.25, 0.3) is 0 Å². The molecule has 3 aromatic heterocycles. The molecule has 1 aliphatic carbocycles. The van der Waals surface area contributed by atoms with Gasteiger partial charge in [-0.2, -0.15) is 5.10 Å². The highest BCUT2D eigenvalue weighted by Crippen LogP contribution is 2.37. The molecule has 4 heterocycles. The van der Waals surface area contributed by atoms with Crippen LogP contribution in [0.15, 0.2) is 24.5 Å². The lowest BCUT2D eigenvalue weighted by atomic mass is 9.90. The summed E-state index contributed by atoms with van der Waals surface area (Å²) in [7, 11) is -1.15. The van der Waals surface area contributed by atoms with Crippen molar-refractivity contribution in [2.45, 2.75) is 97.8 Å². The van der Waals surface area contributed by atoms with Crippen molar-refractivity contribution in [2.75, 3.05) is 37.7 Å². The van der Waals surface area contributed by atoms with Crippen LogP contribution in [0, 0.1) is 0 Å². The Morgan fingerprint density at radius 2 is 1.77 bits per heavy atom. The SMILES string of the molecule is CC(C)c1c2c(nn1COCC[Si](C)(C)C)CCc1cnc(Cc3ccc(N4CCN(C(=O)OC(C)(C)C)CC4)cn3)nc1-2. The number of carbonyl (C=O) groups is 1. The molecule has 0 radical (unpaired) electrons. The molecule has 1 saturated heterocycles. The second-order valence-corrected chi connectivity index (χ2v) is 20.1. The predicted octanol–water partition coefficient (Wildman–Crippen LogP) is 5.92. The molecule has 0 unspecified atom stereocenters. The van der Waals surface area contributed by atoms with Crippen LogP contribution in [0.4, 0.5) is 10.5 Å². The molecule has 1 fully saturated rings. The van der Waals surface area contributed by atoms with E-state index >= 15 is 0 Å². The van der Waals surface area contributed by atoms with E-state index in [-0.39, 0.29) is 12.0 Å². The number of fused-ring (bicyclic) bond motifs is 3. The number of carbonyl (C=O) groups excluding carboxylic acids is 1. The van der Waals surface area contributed by atoms with E-state index in [4.69, 9.17) is 29.5 Å². The average molecular weight is 620 g/mol. The highest BCUT2D eigenvalue weighted by Gasteiger charge is 2.29. The third-order valence-electron chi connectivity index (χ3n) is 8.05. The molecule has 5 rings (SSSR count). The summed E-state index contributed by atoms with van der Waals surface area (Å²) in [6.07, 6.45) is 5.99. The number of aromatic nitrogens is 5. The molecule has 44 heavy (non-hydrogen) atoms. The summed E-state index contributed by atoms with van der Waals surface area (Å²) in [5.74, 6) is 1.05. The van der Waals surface area contributed by atoms with E-state index in [1.165, 1.54) is 11.3 Å². The zero-order valence-electron chi connectivity index (χ0n) is 27.8. The predicted molar refractivity (Wildman–Crippen MR) is 176 cm³/mol. The summed E-state index contributed by atoms with van der Waals surface area (Å²) < 4.78 is 13.7. The first-order valence-corrected chi connectivity index (χ1v) is 19.7. The van der Waals surface area contributed by atoms with Crippen molar-refractivity contribution in [3.05, 3.63) is 53.0 Å². The van der Waals surface area contributed by atoms with E-state index in [0.29, 0.717) is 26.2 Å². The molecule has 1 amide bonds. The van der Waals surface area contributed by atoms with Gasteiger partial charge >= 0.3 is 6.09 Å². The molecule has 0 saturated carbocycles. The van der Waals surface area contributed by atoms with Gasteiger partial charge in [-0.15, -0.1) is 0 Å². The van der Waals surface area contributed by atoms with Crippen molar-refractivity contribution in [1.29, 1.82) is 0 Å². The first-order chi connectivity index (χ1) is 20.8. The fourth-order valence-corrected chi connectivity index (χ4v) is 6.46. The zero-order valence-corrected chi connectivity index (χ0v) is 28.8. The molecule has 2 aliphatic rings. The fraction of sp³-hybridized carbons (Fsp3) is 0.606. The number of amides is 1. The number of hydrogen-bond donors (Lipinski definition) is 0. The summed E-state index contributed by atoms with van der Waals surface area (Å²) in [4.78, 5) is 31.0. The maximum absolute atomic E-state index is 12.4. The van der Waals surface area contributed by atoms with Gasteiger partial charge < -0.3 is 19.3 Å². The van der Waals surface area contributed by atoms with Crippen molar-refractivity contribution in [1.82, 2.24) is 29.6 Å². The summed E-state index contributed by atoms with van der Waals surface area (Å²) in [5, 5.41) is 5.00. The molecule has 3 aromatic rings. The smallest absolute Gasteiger partial charge is 0.410 e. The Hall–Kier alpha value is -3.31. The molecule has 11 heteroatoms. The largest absolute Gasteiger partial charge is 0.444 e. The van der Waals surface area contributed by atoms with Crippen LogP contribution in [0.25, 0.3) is 11.3 Å². The molecule has 0 N–H and O–H groups in total. The zero-order chi connectivity index (χ0) is 31.6. The summed E-state index contributed by atoms with van der Waals surface area (Å²) in [5.41, 5.74) is 7.12. The molecule has 238 valence electrons. The summed E-state index contributed by atoms with van der Waals surface area (Å²) in [6.45, 7) is 21.2. The van der Waals surface area contributed by atoms with E-state index in [1.807, 2.05) is 33.2 Å². The second kappa shape index (κ2) is 13.0. The molecular formula is C33H49N7O3Si. The number of aryl methyl sites for hydroxylation is 2. The normalized spacial score (nSPS) is 15.4. The molecule has 0 spiro atoms. The third-order valence-corrected chi connectivity index (χ3v) is 9.75. The lowest BCUT2D eigenvalue weighted by Crippen LogP contribution is -2.50. The Morgan fingerprint density at radius 3 is 2.41 bits per heavy atom. The number of rotatable bonds is 9. The number of hydrogen-bond acceptors (Lipinski definition) is 8. The minimum Gasteiger partial charge on any atom is -0.444 e. The Bertz CT molecular complexity index is 1450. The lowest BCUT2D eigenvalue weighted by Gasteiger charge is -2.36. The first kappa shape index (κ1) is 32.1. The van der Waals surface area contributed by atoms with Crippen LogP contribution < -0.4 is 4.90 Å². The van der Waals surface area contributed by atoms with E-state index < -0.39 is 13.7 Å². The monoisotopic (exact) mass is 619 g/mol. The van der Waals surface area contributed by atoms with Crippen molar-refractivity contribution in [2.24, 2.45) is 0 Å². The number of piperazine rings is 1. The fourth-order valence-electron chi connectivity index (χ4n) is 5.70. The molecule has 0 bridgehead atoms. The van der Waals surface area contributed by atoms with Crippen molar-refractivity contribution in [3.8, 4) is 11.3 Å². The van der Waals surface area contributed by atoms with Crippen LogP contribution in [0.3, 0.4) is 0 Å². The van der Waals surface area contributed by atoms with Gasteiger partial charge in [0.1, 0.15) is 18.2 Å². The maximum atomic E-state index is 12.4. The van der Waals surface area contributed by atoms with Crippen LogP contribution in [0.2, 0.25) is 25.7 Å². The van der Waals surface area contributed by atoms with Gasteiger partial charge in [0, 0.05) is 58.3 Å². The van der Waals surface area contributed by atoms with Gasteiger partial charge in [-0.25, -0.2) is 19.4 Å². The standard InChI is InChI=1S/C33H49N7O3Si/c1-23(2)31-29-27(37-40(31)22-42-17-18-44(6,7)8)12-9-24-20-35-28(36-30(24)29)19-25-10-11-26(21-34-25)38-13-15-39(16-14-38)32(41)43-33(3,4)5/h10-11,20-21,23H,9,12-19,22H2,1-8H3. The molecule has 1 aliphatic heterocycles. The summed E-state index contributed by atoms with van der Waals surface area (Å²) >= 11 is 0. The number of ether oxygens (including phenoxy) is 2. The Morgan fingerprint density at radius 1 is 1.02 bits per heavy atom. The van der Waals surface area contributed by atoms with Gasteiger partial charge in [0.2, 0.25) is 0 Å². The molecule has 0 aromatic carbocycles. The number of nitrogens with zero attached hydrogens (tertiary/aromatic N) is 7. The van der Waals surface area contributed by atoms with Gasteiger partial charge in [-0.3, -0.25) is 4.98 Å². The quantitative estimate of drug-likeness (QED) is 0.215. The lowest BCUT2D eigenvalue weighted by molar-refractivity contribution is 0.0240. The van der Waals surface area contributed by atoms with Gasteiger partial charge in [-0.05, 0) is 63.3 Å². The van der Waals surface area contributed by atoms with Gasteiger partial charge in [0.15, 0.2) is 0 Å². The van der Waals surface area contributed by atoms with Gasteiger partial charge in [-0.1, -0.05) is 33.5 Å². The van der Waals surface area contributed by atoms with Crippen LogP contribution in [-0.4, -0.2) is 82.2 Å². The van der Waals surface area contributed by atoms with Crippen molar-refractivity contribution in [3.63, 3.8) is 0 Å².